The van der Waals surface area contributed by atoms with Gasteiger partial charge in [-0.15, -0.1) is 0 Å². The molecule has 49 heavy (non-hydrogen) atoms. The Hall–Kier alpha value is -6.66. The highest BCUT2D eigenvalue weighted by molar-refractivity contribution is 6.10. The number of rotatable bonds is 4. The summed E-state index contributed by atoms with van der Waals surface area (Å²) in [6.45, 7) is 0. The van der Waals surface area contributed by atoms with E-state index in [9.17, 15) is 9.59 Å². The van der Waals surface area contributed by atoms with E-state index in [1.165, 1.54) is 0 Å². The minimum atomic E-state index is -0.405. The standard InChI is InChI=1S/C43H28N2O4/c1-45-38-16-13-27(25-7-4-9-29(18-25)34-22-31-6-2-3-11-40(31)48-42(34)46)20-36(38)37-21-28(14-17-39(37)45)26-8-5-10-30(19-26)35-23-32-12-15-33(44)24-41(32)49-43(35)47/h2-24H,44H2,1H3. The normalized spacial score (nSPS) is 11.6. The maximum absolute atomic E-state index is 13.0. The molecule has 0 amide bonds. The highest BCUT2D eigenvalue weighted by Crippen LogP contribution is 2.36. The number of aromatic nitrogens is 1. The van der Waals surface area contributed by atoms with Gasteiger partial charge in [-0.05, 0) is 100 Å². The van der Waals surface area contributed by atoms with Crippen LogP contribution in [0.1, 0.15) is 0 Å². The van der Waals surface area contributed by atoms with Gasteiger partial charge in [-0.1, -0.05) is 66.7 Å². The van der Waals surface area contributed by atoms with Crippen molar-refractivity contribution in [2.45, 2.75) is 0 Å². The number of anilines is 1. The Morgan fingerprint density at radius 3 is 1.59 bits per heavy atom. The molecule has 9 aromatic rings. The van der Waals surface area contributed by atoms with Crippen molar-refractivity contribution >= 4 is 49.4 Å². The molecule has 6 nitrogen and oxygen atoms in total. The van der Waals surface area contributed by atoms with Gasteiger partial charge in [-0.2, -0.15) is 0 Å². The molecule has 0 radical (unpaired) electrons. The van der Waals surface area contributed by atoms with E-state index in [1.54, 1.807) is 18.2 Å². The van der Waals surface area contributed by atoms with Crippen molar-refractivity contribution < 1.29 is 8.83 Å². The van der Waals surface area contributed by atoms with Crippen molar-refractivity contribution in [1.82, 2.24) is 4.57 Å². The monoisotopic (exact) mass is 636 g/mol. The van der Waals surface area contributed by atoms with Crippen molar-refractivity contribution in [3.8, 4) is 44.5 Å². The van der Waals surface area contributed by atoms with Crippen LogP contribution in [-0.2, 0) is 7.05 Å². The van der Waals surface area contributed by atoms with Gasteiger partial charge in [0.2, 0.25) is 0 Å². The smallest absolute Gasteiger partial charge is 0.344 e. The fourth-order valence-electron chi connectivity index (χ4n) is 6.90. The van der Waals surface area contributed by atoms with E-state index in [2.05, 4.69) is 60.1 Å². The van der Waals surface area contributed by atoms with Crippen LogP contribution < -0.4 is 17.0 Å². The molecule has 0 aliphatic rings. The Kier molecular flexibility index (Phi) is 6.39. The lowest BCUT2D eigenvalue weighted by molar-refractivity contribution is 0.563. The predicted molar refractivity (Wildman–Crippen MR) is 199 cm³/mol. The summed E-state index contributed by atoms with van der Waals surface area (Å²) < 4.78 is 13.5. The molecule has 0 unspecified atom stereocenters. The highest BCUT2D eigenvalue weighted by Gasteiger charge is 2.14. The van der Waals surface area contributed by atoms with Gasteiger partial charge in [0.05, 0.1) is 11.1 Å². The predicted octanol–water partition coefficient (Wildman–Crippen LogP) is 9.79. The minimum absolute atomic E-state index is 0.358. The van der Waals surface area contributed by atoms with E-state index >= 15 is 0 Å². The number of nitrogens with zero attached hydrogens (tertiary/aromatic N) is 1. The molecule has 0 saturated heterocycles. The third-order valence-corrected chi connectivity index (χ3v) is 9.42. The molecule has 0 atom stereocenters. The summed E-state index contributed by atoms with van der Waals surface area (Å²) in [5, 5.41) is 3.94. The summed E-state index contributed by atoms with van der Waals surface area (Å²) >= 11 is 0. The summed E-state index contributed by atoms with van der Waals surface area (Å²) in [5.41, 5.74) is 15.7. The van der Waals surface area contributed by atoms with E-state index in [4.69, 9.17) is 14.6 Å². The van der Waals surface area contributed by atoms with Crippen molar-refractivity contribution in [3.05, 3.63) is 160 Å². The van der Waals surface area contributed by atoms with Gasteiger partial charge in [0.1, 0.15) is 11.2 Å². The molecule has 2 N–H and O–H groups in total. The van der Waals surface area contributed by atoms with Crippen LogP contribution >= 0.6 is 0 Å². The Bertz CT molecular complexity index is 2910. The summed E-state index contributed by atoms with van der Waals surface area (Å²) in [6, 6.07) is 45.6. The van der Waals surface area contributed by atoms with E-state index in [0.717, 1.165) is 66.0 Å². The Balaban J connectivity index is 1.13. The third kappa shape index (κ3) is 4.81. The Labute approximate surface area is 279 Å². The second-order valence-electron chi connectivity index (χ2n) is 12.4. The largest absolute Gasteiger partial charge is 0.422 e. The minimum Gasteiger partial charge on any atom is -0.422 e. The third-order valence-electron chi connectivity index (χ3n) is 9.42. The molecule has 0 saturated carbocycles. The van der Waals surface area contributed by atoms with Crippen LogP contribution in [0.4, 0.5) is 5.69 Å². The highest BCUT2D eigenvalue weighted by atomic mass is 16.4. The van der Waals surface area contributed by atoms with Crippen molar-refractivity contribution in [1.29, 1.82) is 0 Å². The SMILES string of the molecule is Cn1c2ccc(-c3cccc(-c4cc5ccccc5oc4=O)c3)cc2c2cc(-c3cccc(-c4cc5ccc(N)cc5oc4=O)c3)ccc21. The Morgan fingerprint density at radius 2 is 0.980 bits per heavy atom. The van der Waals surface area contributed by atoms with Crippen LogP contribution in [0.15, 0.2) is 158 Å². The number of aryl methyl sites for hydroxylation is 1. The van der Waals surface area contributed by atoms with E-state index < -0.39 is 5.63 Å². The molecular weight excluding hydrogens is 608 g/mol. The number of para-hydroxylation sites is 1. The van der Waals surface area contributed by atoms with Crippen LogP contribution in [0.25, 0.3) is 88.3 Å². The number of hydrogen-bond acceptors (Lipinski definition) is 5. The number of hydrogen-bond donors (Lipinski definition) is 1. The lowest BCUT2D eigenvalue weighted by Gasteiger charge is -2.08. The molecular formula is C43H28N2O4. The average molecular weight is 637 g/mol. The lowest BCUT2D eigenvalue weighted by Crippen LogP contribution is -2.03. The zero-order valence-electron chi connectivity index (χ0n) is 26.4. The van der Waals surface area contributed by atoms with E-state index in [0.29, 0.717) is 28.0 Å². The fourth-order valence-corrected chi connectivity index (χ4v) is 6.90. The first-order valence-electron chi connectivity index (χ1n) is 16.0. The van der Waals surface area contributed by atoms with Gasteiger partial charge in [0.15, 0.2) is 0 Å². The van der Waals surface area contributed by atoms with Crippen LogP contribution in [0.5, 0.6) is 0 Å². The van der Waals surface area contributed by atoms with E-state index in [1.807, 2.05) is 72.8 Å². The summed E-state index contributed by atoms with van der Waals surface area (Å²) in [6.07, 6.45) is 0. The van der Waals surface area contributed by atoms with Crippen molar-refractivity contribution in [2.24, 2.45) is 7.05 Å². The van der Waals surface area contributed by atoms with Crippen LogP contribution in [0.3, 0.4) is 0 Å². The second kappa shape index (κ2) is 11.0. The van der Waals surface area contributed by atoms with Gasteiger partial charge in [-0.3, -0.25) is 0 Å². The number of benzene rings is 6. The molecule has 3 heterocycles. The summed E-state index contributed by atoms with van der Waals surface area (Å²) in [7, 11) is 2.08. The van der Waals surface area contributed by atoms with Crippen molar-refractivity contribution in [2.75, 3.05) is 5.73 Å². The number of fused-ring (bicyclic) bond motifs is 5. The summed E-state index contributed by atoms with van der Waals surface area (Å²) in [5.74, 6) is 0. The zero-order valence-corrected chi connectivity index (χ0v) is 26.4. The quantitative estimate of drug-likeness (QED) is 0.153. The first-order valence-corrected chi connectivity index (χ1v) is 16.0. The van der Waals surface area contributed by atoms with Gasteiger partial charge >= 0.3 is 11.3 Å². The van der Waals surface area contributed by atoms with Gasteiger partial charge in [0.25, 0.3) is 0 Å². The molecule has 0 aliphatic carbocycles. The number of nitrogens with two attached hydrogens (primary N) is 1. The molecule has 0 fully saturated rings. The molecule has 6 aromatic carbocycles. The molecule has 0 bridgehead atoms. The van der Waals surface area contributed by atoms with E-state index in [-0.39, 0.29) is 5.63 Å². The molecule has 6 heteroatoms. The van der Waals surface area contributed by atoms with Crippen LogP contribution in [0, 0.1) is 0 Å². The topological polar surface area (TPSA) is 91.4 Å². The fraction of sp³-hybridized carbons (Fsp3) is 0.0233. The second-order valence-corrected chi connectivity index (χ2v) is 12.4. The van der Waals surface area contributed by atoms with Gasteiger partial charge in [-0.25, -0.2) is 9.59 Å². The lowest BCUT2D eigenvalue weighted by atomic mass is 9.96. The van der Waals surface area contributed by atoms with Gasteiger partial charge < -0.3 is 19.1 Å². The maximum Gasteiger partial charge on any atom is 0.344 e. The first-order chi connectivity index (χ1) is 23.9. The zero-order chi connectivity index (χ0) is 33.2. The molecule has 3 aromatic heterocycles. The molecule has 0 aliphatic heterocycles. The number of nitrogen functional groups attached to an aromatic ring is 1. The maximum atomic E-state index is 13.0. The van der Waals surface area contributed by atoms with Crippen molar-refractivity contribution in [3.63, 3.8) is 0 Å². The molecule has 9 rings (SSSR count). The average Bonchev–Trinajstić information content (AvgIpc) is 3.41. The van der Waals surface area contributed by atoms with Gasteiger partial charge in [0, 0.05) is 51.4 Å². The molecule has 234 valence electrons. The summed E-state index contributed by atoms with van der Waals surface area (Å²) in [4.78, 5) is 25.9. The molecule has 0 spiro atoms. The van der Waals surface area contributed by atoms with Crippen LogP contribution in [0.2, 0.25) is 0 Å². The first kappa shape index (κ1) is 28.6. The Morgan fingerprint density at radius 1 is 0.469 bits per heavy atom. The van der Waals surface area contributed by atoms with Crippen LogP contribution in [-0.4, -0.2) is 4.57 Å².